The summed E-state index contributed by atoms with van der Waals surface area (Å²) in [6.45, 7) is 0. The molecule has 1 aliphatic rings. The Bertz CT molecular complexity index is 838. The third-order valence-electron chi connectivity index (χ3n) is 4.04. The number of nitrogens with zero attached hydrogens (tertiary/aromatic N) is 1. The Morgan fingerprint density at radius 1 is 1.19 bits per heavy atom. The summed E-state index contributed by atoms with van der Waals surface area (Å²) in [5.74, 6) is 1.03. The van der Waals surface area contributed by atoms with Crippen molar-refractivity contribution in [3.8, 4) is 11.5 Å². The maximum atomic E-state index is 12.5. The average molecular weight is 372 g/mol. The molecule has 2 aromatic carbocycles. The van der Waals surface area contributed by atoms with Crippen LogP contribution in [0.15, 0.2) is 52.5 Å². The summed E-state index contributed by atoms with van der Waals surface area (Å²) in [5.41, 5.74) is 2.31. The van der Waals surface area contributed by atoms with Crippen LogP contribution < -0.4 is 14.8 Å². The summed E-state index contributed by atoms with van der Waals surface area (Å²) in [7, 11) is 3.16. The molecule has 0 saturated heterocycles. The van der Waals surface area contributed by atoms with E-state index in [1.807, 2.05) is 42.7 Å². The number of anilines is 1. The summed E-state index contributed by atoms with van der Waals surface area (Å²) in [5, 5.41) is 6.99. The fraction of sp³-hybridized carbons (Fsp3) is 0.263. The summed E-state index contributed by atoms with van der Waals surface area (Å²) >= 11 is 1.57. The van der Waals surface area contributed by atoms with E-state index in [1.54, 1.807) is 32.0 Å². The number of carbonyl (C=O) groups excluding carboxylic acids is 1. The number of carbonyl (C=O) groups is 1. The maximum Gasteiger partial charge on any atom is 0.268 e. The highest BCUT2D eigenvalue weighted by atomic mass is 32.2. The minimum absolute atomic E-state index is 0.217. The molecule has 1 aliphatic heterocycles. The van der Waals surface area contributed by atoms with E-state index < -0.39 is 6.10 Å². The number of rotatable bonds is 6. The molecule has 0 spiro atoms. The van der Waals surface area contributed by atoms with Crippen molar-refractivity contribution in [2.75, 3.05) is 25.8 Å². The van der Waals surface area contributed by atoms with Crippen LogP contribution >= 0.6 is 11.8 Å². The molecule has 1 amide bonds. The predicted molar refractivity (Wildman–Crippen MR) is 102 cm³/mol. The van der Waals surface area contributed by atoms with Crippen molar-refractivity contribution in [2.24, 2.45) is 5.16 Å². The zero-order chi connectivity index (χ0) is 18.5. The lowest BCUT2D eigenvalue weighted by Gasteiger charge is -2.12. The number of thioether (sulfide) groups is 1. The van der Waals surface area contributed by atoms with Gasteiger partial charge in [0.15, 0.2) is 11.5 Å². The zero-order valence-corrected chi connectivity index (χ0v) is 15.6. The van der Waals surface area contributed by atoms with E-state index in [0.29, 0.717) is 23.6 Å². The highest BCUT2D eigenvalue weighted by molar-refractivity contribution is 7.98. The largest absolute Gasteiger partial charge is 0.493 e. The fourth-order valence-corrected chi connectivity index (χ4v) is 3.22. The van der Waals surface area contributed by atoms with Crippen LogP contribution in [0.3, 0.4) is 0 Å². The van der Waals surface area contributed by atoms with E-state index in [-0.39, 0.29) is 5.91 Å². The van der Waals surface area contributed by atoms with E-state index >= 15 is 0 Å². The van der Waals surface area contributed by atoms with Gasteiger partial charge in [0.1, 0.15) is 0 Å². The monoisotopic (exact) mass is 372 g/mol. The highest BCUT2D eigenvalue weighted by Crippen LogP contribution is 2.30. The van der Waals surface area contributed by atoms with Crippen LogP contribution in [0.4, 0.5) is 5.69 Å². The number of methoxy groups -OCH3 is 2. The van der Waals surface area contributed by atoms with Gasteiger partial charge in [0, 0.05) is 16.9 Å². The molecule has 3 rings (SSSR count). The van der Waals surface area contributed by atoms with E-state index in [9.17, 15) is 4.79 Å². The smallest absolute Gasteiger partial charge is 0.268 e. The Morgan fingerprint density at radius 3 is 2.69 bits per heavy atom. The number of hydrogen-bond acceptors (Lipinski definition) is 6. The second-order valence-electron chi connectivity index (χ2n) is 5.60. The van der Waals surface area contributed by atoms with Gasteiger partial charge in [-0.3, -0.25) is 4.79 Å². The van der Waals surface area contributed by atoms with E-state index in [1.165, 1.54) is 0 Å². The lowest BCUT2D eigenvalue weighted by molar-refractivity contribution is -0.125. The van der Waals surface area contributed by atoms with Crippen LogP contribution in [0, 0.1) is 0 Å². The van der Waals surface area contributed by atoms with Crippen molar-refractivity contribution in [1.29, 1.82) is 0 Å². The van der Waals surface area contributed by atoms with Gasteiger partial charge in [0.05, 0.1) is 25.6 Å². The maximum absolute atomic E-state index is 12.5. The quantitative estimate of drug-likeness (QED) is 0.785. The number of hydrogen-bond donors (Lipinski definition) is 1. The molecule has 0 aromatic heterocycles. The van der Waals surface area contributed by atoms with E-state index in [0.717, 1.165) is 16.1 Å². The molecule has 2 aromatic rings. The number of benzene rings is 2. The van der Waals surface area contributed by atoms with Gasteiger partial charge in [-0.2, -0.15) is 0 Å². The SMILES string of the molecule is COc1ccc(C2=NO[C@@H](C(=O)Nc3ccccc3SC)C2)cc1OC. The highest BCUT2D eigenvalue weighted by Gasteiger charge is 2.29. The topological polar surface area (TPSA) is 69.2 Å². The van der Waals surface area contributed by atoms with Crippen molar-refractivity contribution in [3.05, 3.63) is 48.0 Å². The van der Waals surface area contributed by atoms with Crippen LogP contribution in [-0.2, 0) is 9.63 Å². The van der Waals surface area contributed by atoms with E-state index in [2.05, 4.69) is 10.5 Å². The molecule has 0 unspecified atom stereocenters. The third-order valence-corrected chi connectivity index (χ3v) is 4.84. The molecule has 0 saturated carbocycles. The van der Waals surface area contributed by atoms with Crippen LogP contribution in [-0.4, -0.2) is 38.2 Å². The molecular weight excluding hydrogens is 352 g/mol. The van der Waals surface area contributed by atoms with Crippen LogP contribution in [0.5, 0.6) is 11.5 Å². The Balaban J connectivity index is 1.69. The molecular formula is C19H20N2O4S. The number of oxime groups is 1. The normalized spacial score (nSPS) is 15.8. The first-order chi connectivity index (χ1) is 12.7. The van der Waals surface area contributed by atoms with Crippen molar-refractivity contribution in [3.63, 3.8) is 0 Å². The molecule has 0 radical (unpaired) electrons. The average Bonchev–Trinajstić information content (AvgIpc) is 3.18. The third kappa shape index (κ3) is 3.77. The lowest BCUT2D eigenvalue weighted by atomic mass is 10.0. The van der Waals surface area contributed by atoms with Crippen molar-refractivity contribution >= 4 is 29.1 Å². The molecule has 1 N–H and O–H groups in total. The Labute approximate surface area is 156 Å². The summed E-state index contributed by atoms with van der Waals surface area (Å²) < 4.78 is 10.6. The van der Waals surface area contributed by atoms with Crippen molar-refractivity contribution in [2.45, 2.75) is 17.4 Å². The second-order valence-corrected chi connectivity index (χ2v) is 6.44. The van der Waals surface area contributed by atoms with Crippen molar-refractivity contribution < 1.29 is 19.1 Å². The molecule has 26 heavy (non-hydrogen) atoms. The van der Waals surface area contributed by atoms with Gasteiger partial charge >= 0.3 is 0 Å². The number of amides is 1. The molecule has 0 bridgehead atoms. The number of para-hydroxylation sites is 1. The molecule has 6 nitrogen and oxygen atoms in total. The molecule has 7 heteroatoms. The molecule has 136 valence electrons. The molecule has 0 fully saturated rings. The number of nitrogens with one attached hydrogen (secondary N) is 1. The van der Waals surface area contributed by atoms with Gasteiger partial charge in [-0.05, 0) is 36.6 Å². The Hall–Kier alpha value is -2.67. The minimum atomic E-state index is -0.659. The summed E-state index contributed by atoms with van der Waals surface area (Å²) in [6.07, 6.45) is 1.70. The first-order valence-electron chi connectivity index (χ1n) is 8.05. The molecule has 1 atom stereocenters. The van der Waals surface area contributed by atoms with Crippen LogP contribution in [0.2, 0.25) is 0 Å². The van der Waals surface area contributed by atoms with Gasteiger partial charge in [-0.25, -0.2) is 0 Å². The number of ether oxygens (including phenoxy) is 2. The van der Waals surface area contributed by atoms with Gasteiger partial charge in [-0.15, -0.1) is 11.8 Å². The van der Waals surface area contributed by atoms with Crippen molar-refractivity contribution in [1.82, 2.24) is 0 Å². The van der Waals surface area contributed by atoms with Gasteiger partial charge in [0.2, 0.25) is 6.10 Å². The second kappa shape index (κ2) is 8.14. The first kappa shape index (κ1) is 18.1. The predicted octanol–water partition coefficient (Wildman–Crippen LogP) is 3.56. The first-order valence-corrected chi connectivity index (χ1v) is 9.27. The molecule has 1 heterocycles. The van der Waals surface area contributed by atoms with Gasteiger partial charge < -0.3 is 19.6 Å². The summed E-state index contributed by atoms with van der Waals surface area (Å²) in [4.78, 5) is 18.9. The standard InChI is InChI=1S/C19H20N2O4S/c1-23-15-9-8-12(10-16(15)24-2)14-11-17(25-21-14)19(22)20-13-6-4-5-7-18(13)26-3/h4-10,17H,11H2,1-3H3,(H,20,22)/t17-/m1/s1. The lowest BCUT2D eigenvalue weighted by Crippen LogP contribution is -2.28. The van der Waals surface area contributed by atoms with E-state index in [4.69, 9.17) is 14.3 Å². The van der Waals surface area contributed by atoms with Gasteiger partial charge in [0.25, 0.3) is 5.91 Å². The van der Waals surface area contributed by atoms with Crippen LogP contribution in [0.1, 0.15) is 12.0 Å². The summed E-state index contributed by atoms with van der Waals surface area (Å²) in [6, 6.07) is 13.1. The zero-order valence-electron chi connectivity index (χ0n) is 14.8. The minimum Gasteiger partial charge on any atom is -0.493 e. The fourth-order valence-electron chi connectivity index (χ4n) is 2.67. The Morgan fingerprint density at radius 2 is 1.96 bits per heavy atom. The molecule has 0 aliphatic carbocycles. The Kier molecular flexibility index (Phi) is 5.68. The van der Waals surface area contributed by atoms with Gasteiger partial charge in [-0.1, -0.05) is 17.3 Å². The van der Waals surface area contributed by atoms with Crippen LogP contribution in [0.25, 0.3) is 0 Å².